The van der Waals surface area contributed by atoms with Gasteiger partial charge in [-0.2, -0.15) is 0 Å². The van der Waals surface area contributed by atoms with Gasteiger partial charge < -0.3 is 28.5 Å². The lowest BCUT2D eigenvalue weighted by Gasteiger charge is -2.25. The van der Waals surface area contributed by atoms with E-state index in [1.165, 1.54) is 57.8 Å². The summed E-state index contributed by atoms with van der Waals surface area (Å²) in [5.41, 5.74) is 0. The fraction of sp³-hybridized carbons (Fsp3) is 0.614. The number of likely N-dealkylation sites (N-methyl/N-ethyl adjacent to an activating group) is 1. The maximum Gasteiger partial charge on any atom is 0.361 e. The average molecular weight is 1100 g/mol. The minimum absolute atomic E-state index is 0.175. The molecule has 0 saturated carbocycles. The van der Waals surface area contributed by atoms with Gasteiger partial charge in [0.15, 0.2) is 6.10 Å². The van der Waals surface area contributed by atoms with Crippen molar-refractivity contribution in [2.24, 2.45) is 0 Å². The van der Waals surface area contributed by atoms with Gasteiger partial charge >= 0.3 is 17.9 Å². The zero-order valence-electron chi connectivity index (χ0n) is 50.7. The summed E-state index contributed by atoms with van der Waals surface area (Å²) in [5.74, 6) is -2.06. The lowest BCUT2D eigenvalue weighted by atomic mass is 10.0. The quantitative estimate of drug-likeness (QED) is 0.0211. The highest BCUT2D eigenvalue weighted by atomic mass is 16.7. The summed E-state index contributed by atoms with van der Waals surface area (Å²) in [6, 6.07) is 0. The van der Waals surface area contributed by atoms with Crippen LogP contribution in [-0.4, -0.2) is 87.4 Å². The number of ether oxygens (including phenoxy) is 4. The van der Waals surface area contributed by atoms with Crippen molar-refractivity contribution in [3.05, 3.63) is 146 Å². The molecule has 0 aromatic rings. The smallest absolute Gasteiger partial charge is 0.361 e. The Balaban J connectivity index is 4.28. The minimum Gasteiger partial charge on any atom is -0.477 e. The molecule has 0 bridgehead atoms. The molecule has 0 rings (SSSR count). The minimum atomic E-state index is -1.53. The first kappa shape index (κ1) is 74.2. The molecule has 446 valence electrons. The number of carboxylic acid groups (broad SMARTS) is 1. The number of hydrogen-bond donors (Lipinski definition) is 1. The van der Waals surface area contributed by atoms with Crippen molar-refractivity contribution >= 4 is 17.9 Å². The van der Waals surface area contributed by atoms with Crippen molar-refractivity contribution in [3.8, 4) is 0 Å². The van der Waals surface area contributed by atoms with Crippen LogP contribution in [0.4, 0.5) is 0 Å². The molecule has 1 N–H and O–H groups in total. The van der Waals surface area contributed by atoms with E-state index in [1.54, 1.807) is 0 Å². The van der Waals surface area contributed by atoms with Crippen molar-refractivity contribution in [2.45, 2.75) is 232 Å². The first-order valence-corrected chi connectivity index (χ1v) is 31.0. The average Bonchev–Trinajstić information content (AvgIpc) is 3.42. The SMILES string of the molecule is CC/C=C\C/C=C\C/C=C\C/C=C\C/C=C\C/C=C\CCCCCCCCCCCCCCC(=O)OC(COC(=O)CCCCCC/C=C\C/C=C\C/C=C\C/C=C\C/C=C\C/C=C\CC)COC(OCC[N+](C)(C)C)C(=O)O. The molecule has 0 aliphatic rings. The van der Waals surface area contributed by atoms with Gasteiger partial charge in [0.2, 0.25) is 0 Å². The summed E-state index contributed by atoms with van der Waals surface area (Å²) in [7, 11) is 5.95. The van der Waals surface area contributed by atoms with Gasteiger partial charge in [-0.1, -0.05) is 237 Å². The molecular weight excluding hydrogens is 983 g/mol. The number of nitrogens with zero attached hydrogens (tertiary/aromatic N) is 1. The number of carboxylic acids is 1. The van der Waals surface area contributed by atoms with Crippen LogP contribution in [0.5, 0.6) is 0 Å². The second-order valence-corrected chi connectivity index (χ2v) is 21.2. The number of allylic oxidation sites excluding steroid dienone is 24. The molecule has 0 fully saturated rings. The Hall–Kier alpha value is -4.83. The predicted octanol–water partition coefficient (Wildman–Crippen LogP) is 18.8. The first-order valence-electron chi connectivity index (χ1n) is 31.0. The number of carbonyl (C=O) groups is 3. The lowest BCUT2D eigenvalue weighted by molar-refractivity contribution is -0.870. The van der Waals surface area contributed by atoms with E-state index in [1.807, 2.05) is 21.1 Å². The van der Waals surface area contributed by atoms with E-state index in [0.29, 0.717) is 23.9 Å². The molecule has 0 aromatic carbocycles. The zero-order chi connectivity index (χ0) is 57.6. The molecule has 0 aliphatic carbocycles. The van der Waals surface area contributed by atoms with Gasteiger partial charge in [0.05, 0.1) is 34.4 Å². The van der Waals surface area contributed by atoms with Crippen LogP contribution in [0.25, 0.3) is 0 Å². The van der Waals surface area contributed by atoms with Gasteiger partial charge in [-0.15, -0.1) is 0 Å². The van der Waals surface area contributed by atoms with Crippen LogP contribution in [0.3, 0.4) is 0 Å². The van der Waals surface area contributed by atoms with E-state index in [-0.39, 0.29) is 38.6 Å². The summed E-state index contributed by atoms with van der Waals surface area (Å²) < 4.78 is 22.9. The molecule has 9 heteroatoms. The molecular formula is C70H114NO8+. The van der Waals surface area contributed by atoms with Crippen LogP contribution in [0.15, 0.2) is 146 Å². The van der Waals surface area contributed by atoms with Crippen LogP contribution in [0, 0.1) is 0 Å². The number of aliphatic carboxylic acids is 1. The Morgan fingerprint density at radius 3 is 1.01 bits per heavy atom. The van der Waals surface area contributed by atoms with Gasteiger partial charge in [-0.25, -0.2) is 4.79 Å². The Labute approximate surface area is 483 Å². The van der Waals surface area contributed by atoms with Crippen LogP contribution in [0.1, 0.15) is 219 Å². The summed E-state index contributed by atoms with van der Waals surface area (Å²) in [4.78, 5) is 37.5. The van der Waals surface area contributed by atoms with Crippen LogP contribution < -0.4 is 0 Å². The van der Waals surface area contributed by atoms with E-state index in [9.17, 15) is 19.5 Å². The summed E-state index contributed by atoms with van der Waals surface area (Å²) in [5, 5.41) is 9.72. The van der Waals surface area contributed by atoms with Crippen LogP contribution >= 0.6 is 0 Å². The first-order chi connectivity index (χ1) is 38.6. The highest BCUT2D eigenvalue weighted by molar-refractivity contribution is 5.71. The Bertz CT molecular complexity index is 1800. The van der Waals surface area contributed by atoms with Crippen molar-refractivity contribution in [3.63, 3.8) is 0 Å². The molecule has 0 spiro atoms. The van der Waals surface area contributed by atoms with Gasteiger partial charge in [0, 0.05) is 12.8 Å². The molecule has 0 amide bonds. The molecule has 0 aromatic heterocycles. The Morgan fingerprint density at radius 1 is 0.380 bits per heavy atom. The standard InChI is InChI=1S/C70H113NO8/c1-6-8-10-12-14-16-18-20-22-24-26-28-30-31-32-33-34-35-36-37-39-41-43-45-47-49-51-53-55-57-59-61-68(73)79-66(65-78-70(69(74)75)76-63-62-71(3,4)5)64-77-67(72)60-58-56-54-52-50-48-46-44-42-40-38-29-27-25-23-21-19-17-15-13-11-9-7-2/h8-11,14-17,20-23,26-29,31-32,34-35,40,42,46,48,66,70H,6-7,12-13,18-19,24-25,30,33,36-39,41,43-45,47,49-65H2,1-5H3/p+1/b10-8-,11-9-,16-14-,17-15-,22-20-,23-21-,28-26-,29-27-,32-31-,35-34-,42-40-,48-46-. The van der Waals surface area contributed by atoms with E-state index >= 15 is 0 Å². The van der Waals surface area contributed by atoms with Gasteiger partial charge in [-0.05, 0) is 116 Å². The fourth-order valence-corrected chi connectivity index (χ4v) is 7.90. The normalized spacial score (nSPS) is 13.8. The predicted molar refractivity (Wildman–Crippen MR) is 336 cm³/mol. The lowest BCUT2D eigenvalue weighted by Crippen LogP contribution is -2.40. The van der Waals surface area contributed by atoms with Crippen LogP contribution in [-0.2, 0) is 33.3 Å². The third-order valence-corrected chi connectivity index (χ3v) is 12.6. The third-order valence-electron chi connectivity index (χ3n) is 12.6. The molecule has 2 unspecified atom stereocenters. The number of unbranched alkanes of at least 4 members (excludes halogenated alkanes) is 16. The molecule has 2 atom stereocenters. The molecule has 9 nitrogen and oxygen atoms in total. The van der Waals surface area contributed by atoms with E-state index in [0.717, 1.165) is 122 Å². The van der Waals surface area contributed by atoms with Crippen molar-refractivity contribution in [1.29, 1.82) is 0 Å². The highest BCUT2D eigenvalue weighted by Gasteiger charge is 2.25. The largest absolute Gasteiger partial charge is 0.477 e. The number of rotatable bonds is 55. The zero-order valence-corrected chi connectivity index (χ0v) is 50.7. The maximum atomic E-state index is 12.9. The van der Waals surface area contributed by atoms with Crippen molar-refractivity contribution in [1.82, 2.24) is 0 Å². The number of quaternary nitrogens is 1. The second-order valence-electron chi connectivity index (χ2n) is 21.2. The summed E-state index contributed by atoms with van der Waals surface area (Å²) in [6.45, 7) is 4.60. The van der Waals surface area contributed by atoms with Gasteiger partial charge in [-0.3, -0.25) is 9.59 Å². The van der Waals surface area contributed by atoms with Crippen molar-refractivity contribution in [2.75, 3.05) is 47.5 Å². The maximum absolute atomic E-state index is 12.9. The Kier molecular flexibility index (Phi) is 55.7. The molecule has 0 radical (unpaired) electrons. The number of carbonyl (C=O) groups excluding carboxylic acids is 2. The fourth-order valence-electron chi connectivity index (χ4n) is 7.90. The third kappa shape index (κ3) is 60.7. The Morgan fingerprint density at radius 2 is 0.684 bits per heavy atom. The van der Waals surface area contributed by atoms with E-state index in [4.69, 9.17) is 18.9 Å². The summed E-state index contributed by atoms with van der Waals surface area (Å²) in [6.07, 6.45) is 83.6. The second kappa shape index (κ2) is 59.3. The van der Waals surface area contributed by atoms with E-state index in [2.05, 4.69) is 160 Å². The molecule has 0 heterocycles. The highest BCUT2D eigenvalue weighted by Crippen LogP contribution is 2.15. The molecule has 0 saturated heterocycles. The molecule has 0 aliphatic heterocycles. The van der Waals surface area contributed by atoms with Gasteiger partial charge in [0.1, 0.15) is 13.2 Å². The van der Waals surface area contributed by atoms with E-state index < -0.39 is 24.3 Å². The van der Waals surface area contributed by atoms with Gasteiger partial charge in [0.25, 0.3) is 6.29 Å². The number of esters is 2. The molecule has 79 heavy (non-hydrogen) atoms. The monoisotopic (exact) mass is 1100 g/mol. The topological polar surface area (TPSA) is 108 Å². The van der Waals surface area contributed by atoms with Crippen LogP contribution in [0.2, 0.25) is 0 Å². The number of hydrogen-bond acceptors (Lipinski definition) is 7. The summed E-state index contributed by atoms with van der Waals surface area (Å²) >= 11 is 0. The van der Waals surface area contributed by atoms with Crippen molar-refractivity contribution < 1.29 is 42.9 Å².